The number of fused-ring (bicyclic) bond motifs is 1. The summed E-state index contributed by atoms with van der Waals surface area (Å²) in [6.45, 7) is 2.26. The number of carbonyl (C=O) groups is 1. The number of allylic oxidation sites excluding steroid dienone is 1. The number of halogens is 1. The van der Waals surface area contributed by atoms with Crippen molar-refractivity contribution in [2.45, 2.75) is 13.5 Å². The van der Waals surface area contributed by atoms with Gasteiger partial charge in [0.15, 0.2) is 5.76 Å². The Morgan fingerprint density at radius 2 is 2.04 bits per heavy atom. The van der Waals surface area contributed by atoms with Crippen LogP contribution in [-0.2, 0) is 6.54 Å². The van der Waals surface area contributed by atoms with Crippen LogP contribution in [0.1, 0.15) is 27.0 Å². The van der Waals surface area contributed by atoms with Crippen LogP contribution in [0.5, 0.6) is 17.2 Å². The van der Waals surface area contributed by atoms with Gasteiger partial charge in [-0.1, -0.05) is 15.9 Å². The number of carbonyl (C=O) groups excluding carboxylic acids is 1. The lowest BCUT2D eigenvalue weighted by Crippen LogP contribution is -2.12. The predicted molar refractivity (Wildman–Crippen MR) is 104 cm³/mol. The highest BCUT2D eigenvalue weighted by Gasteiger charge is 2.33. The molecule has 0 atom stereocenters. The molecule has 0 fully saturated rings. The van der Waals surface area contributed by atoms with E-state index in [2.05, 4.69) is 15.9 Å². The van der Waals surface area contributed by atoms with E-state index in [1.807, 2.05) is 37.2 Å². The molecule has 2 aromatic carbocycles. The Labute approximate surface area is 161 Å². The molecule has 0 radical (unpaired) electrons. The van der Waals surface area contributed by atoms with Crippen LogP contribution in [0.15, 0.2) is 34.5 Å². The van der Waals surface area contributed by atoms with E-state index in [4.69, 9.17) is 9.47 Å². The number of phenols is 1. The zero-order valence-electron chi connectivity index (χ0n) is 15.1. The Balaban J connectivity index is 2.10. The largest absolute Gasteiger partial charge is 0.507 e. The van der Waals surface area contributed by atoms with Crippen molar-refractivity contribution in [2.75, 3.05) is 21.2 Å². The minimum absolute atomic E-state index is 0.129. The average Bonchev–Trinajstić information content (AvgIpc) is 2.88. The molecule has 0 aromatic heterocycles. The van der Waals surface area contributed by atoms with E-state index in [1.54, 1.807) is 26.2 Å². The third-order valence-electron chi connectivity index (χ3n) is 4.17. The summed E-state index contributed by atoms with van der Waals surface area (Å²) < 4.78 is 12.1. The summed E-state index contributed by atoms with van der Waals surface area (Å²) in [6.07, 6.45) is 1.67. The lowest BCUT2D eigenvalue weighted by atomic mass is 9.99. The third-order valence-corrected chi connectivity index (χ3v) is 4.67. The number of rotatable bonds is 4. The summed E-state index contributed by atoms with van der Waals surface area (Å²) >= 11 is 3.43. The second-order valence-electron chi connectivity index (χ2n) is 6.46. The van der Waals surface area contributed by atoms with E-state index < -0.39 is 0 Å². The second kappa shape index (κ2) is 7.13. The fourth-order valence-electron chi connectivity index (χ4n) is 3.01. The van der Waals surface area contributed by atoms with Crippen molar-refractivity contribution in [1.29, 1.82) is 0 Å². The van der Waals surface area contributed by atoms with Crippen molar-refractivity contribution in [3.05, 3.63) is 56.8 Å². The quantitative estimate of drug-likeness (QED) is 0.757. The van der Waals surface area contributed by atoms with Crippen LogP contribution in [0.25, 0.3) is 6.08 Å². The highest BCUT2D eigenvalue weighted by atomic mass is 79.9. The molecule has 0 amide bonds. The number of benzene rings is 2. The molecule has 26 heavy (non-hydrogen) atoms. The van der Waals surface area contributed by atoms with Gasteiger partial charge < -0.3 is 19.5 Å². The van der Waals surface area contributed by atoms with Crippen LogP contribution < -0.4 is 9.47 Å². The minimum Gasteiger partial charge on any atom is -0.507 e. The van der Waals surface area contributed by atoms with Gasteiger partial charge in [-0.2, -0.15) is 0 Å². The number of methoxy groups -OCH3 is 1. The first-order chi connectivity index (χ1) is 12.3. The van der Waals surface area contributed by atoms with E-state index in [0.29, 0.717) is 34.7 Å². The summed E-state index contributed by atoms with van der Waals surface area (Å²) in [4.78, 5) is 14.8. The van der Waals surface area contributed by atoms with Crippen molar-refractivity contribution in [2.24, 2.45) is 0 Å². The fraction of sp³-hybridized carbons (Fsp3) is 0.250. The first-order valence-electron chi connectivity index (χ1n) is 8.09. The number of aryl methyl sites for hydroxylation is 1. The van der Waals surface area contributed by atoms with Gasteiger partial charge in [0.05, 0.1) is 18.2 Å². The molecule has 1 heterocycles. The molecule has 1 aliphatic rings. The maximum Gasteiger partial charge on any atom is 0.232 e. The number of ether oxygens (including phenoxy) is 2. The van der Waals surface area contributed by atoms with Gasteiger partial charge in [0, 0.05) is 16.6 Å². The highest BCUT2D eigenvalue weighted by Crippen LogP contribution is 2.42. The maximum atomic E-state index is 12.9. The average molecular weight is 418 g/mol. The molecular weight excluding hydrogens is 398 g/mol. The van der Waals surface area contributed by atoms with Gasteiger partial charge in [-0.3, -0.25) is 4.79 Å². The third kappa shape index (κ3) is 3.34. The molecule has 0 saturated carbocycles. The van der Waals surface area contributed by atoms with Crippen LogP contribution in [-0.4, -0.2) is 37.0 Å². The van der Waals surface area contributed by atoms with Crippen molar-refractivity contribution in [1.82, 2.24) is 4.90 Å². The lowest BCUT2D eigenvalue weighted by molar-refractivity contribution is 0.101. The molecule has 1 aliphatic heterocycles. The monoisotopic (exact) mass is 417 g/mol. The number of nitrogens with zero attached hydrogens (tertiary/aromatic N) is 1. The molecule has 0 aliphatic carbocycles. The summed E-state index contributed by atoms with van der Waals surface area (Å²) in [7, 11) is 5.37. The first kappa shape index (κ1) is 18.5. The van der Waals surface area contributed by atoms with Gasteiger partial charge in [-0.15, -0.1) is 0 Å². The van der Waals surface area contributed by atoms with Gasteiger partial charge in [0.25, 0.3) is 0 Å². The van der Waals surface area contributed by atoms with Crippen molar-refractivity contribution >= 4 is 27.8 Å². The van der Waals surface area contributed by atoms with Crippen LogP contribution >= 0.6 is 15.9 Å². The summed E-state index contributed by atoms with van der Waals surface area (Å²) in [6, 6.07) is 7.15. The van der Waals surface area contributed by atoms with Gasteiger partial charge in [0.2, 0.25) is 5.78 Å². The number of hydrogen-bond donors (Lipinski definition) is 1. The van der Waals surface area contributed by atoms with E-state index in [1.165, 1.54) is 0 Å². The maximum absolute atomic E-state index is 12.9. The normalized spacial score (nSPS) is 14.7. The zero-order chi connectivity index (χ0) is 19.0. The van der Waals surface area contributed by atoms with Gasteiger partial charge >= 0.3 is 0 Å². The summed E-state index contributed by atoms with van der Waals surface area (Å²) in [5.74, 6) is 1.22. The molecule has 2 aromatic rings. The first-order valence-corrected chi connectivity index (χ1v) is 8.89. The number of ketones is 1. The Hall–Kier alpha value is -2.31. The number of hydrogen-bond acceptors (Lipinski definition) is 5. The van der Waals surface area contributed by atoms with Crippen LogP contribution in [0.3, 0.4) is 0 Å². The van der Waals surface area contributed by atoms with E-state index in [9.17, 15) is 9.90 Å². The molecule has 0 unspecified atom stereocenters. The molecule has 0 spiro atoms. The van der Waals surface area contributed by atoms with E-state index in [0.717, 1.165) is 10.0 Å². The van der Waals surface area contributed by atoms with E-state index in [-0.39, 0.29) is 17.3 Å². The number of phenolic OH excluding ortho intramolecular Hbond substituents is 1. The van der Waals surface area contributed by atoms with Gasteiger partial charge in [0.1, 0.15) is 17.2 Å². The van der Waals surface area contributed by atoms with Gasteiger partial charge in [-0.05, 0) is 56.9 Å². The molecule has 1 N–H and O–H groups in total. The standard InChI is InChI=1S/C20H20BrNO4/c1-11-7-15(23)14(10-22(2)3)20-18(11)19(24)17(26-20)9-12-8-13(21)5-6-16(12)25-4/h5-9,23H,10H2,1-4H3/b17-9-. The van der Waals surface area contributed by atoms with Crippen LogP contribution in [0, 0.1) is 6.92 Å². The molecule has 136 valence electrons. The molecule has 6 heteroatoms. The van der Waals surface area contributed by atoms with Crippen molar-refractivity contribution in [3.8, 4) is 17.2 Å². The zero-order valence-corrected chi connectivity index (χ0v) is 16.7. The molecule has 3 rings (SSSR count). The summed E-state index contributed by atoms with van der Waals surface area (Å²) in [5, 5.41) is 10.3. The topological polar surface area (TPSA) is 59.0 Å². The Kier molecular flexibility index (Phi) is 5.07. The Morgan fingerprint density at radius 1 is 1.31 bits per heavy atom. The number of aromatic hydroxyl groups is 1. The molecular formula is C20H20BrNO4. The second-order valence-corrected chi connectivity index (χ2v) is 7.37. The Bertz CT molecular complexity index is 919. The smallest absolute Gasteiger partial charge is 0.232 e. The lowest BCUT2D eigenvalue weighted by Gasteiger charge is -2.15. The van der Waals surface area contributed by atoms with Gasteiger partial charge in [-0.25, -0.2) is 0 Å². The highest BCUT2D eigenvalue weighted by molar-refractivity contribution is 9.10. The fourth-order valence-corrected chi connectivity index (χ4v) is 3.39. The van der Waals surface area contributed by atoms with Crippen LogP contribution in [0.4, 0.5) is 0 Å². The Morgan fingerprint density at radius 3 is 2.69 bits per heavy atom. The van der Waals surface area contributed by atoms with Crippen LogP contribution in [0.2, 0.25) is 0 Å². The summed E-state index contributed by atoms with van der Waals surface area (Å²) in [5.41, 5.74) is 2.53. The SMILES string of the molecule is COc1ccc(Br)cc1/C=C1\Oc2c(CN(C)C)c(O)cc(C)c2C1=O. The van der Waals surface area contributed by atoms with Crippen molar-refractivity contribution < 1.29 is 19.4 Å². The minimum atomic E-state index is -0.195. The van der Waals surface area contributed by atoms with E-state index >= 15 is 0 Å². The predicted octanol–water partition coefficient (Wildman–Crippen LogP) is 4.15. The van der Waals surface area contributed by atoms with Crippen molar-refractivity contribution in [3.63, 3.8) is 0 Å². The molecule has 5 nitrogen and oxygen atoms in total. The molecule has 0 saturated heterocycles. The molecule has 0 bridgehead atoms. The number of Topliss-reactive ketones (excluding diaryl/α,β-unsaturated/α-hetero) is 1.